The van der Waals surface area contributed by atoms with Gasteiger partial charge in [-0.1, -0.05) is 23.8 Å². The maximum absolute atomic E-state index is 12.0. The van der Waals surface area contributed by atoms with Crippen molar-refractivity contribution in [2.45, 2.75) is 18.7 Å². The lowest BCUT2D eigenvalue weighted by Crippen LogP contribution is -2.31. The van der Waals surface area contributed by atoms with Crippen LogP contribution in [-0.2, 0) is 10.0 Å². The number of carbonyl (C=O) groups excluding carboxylic acids is 1. The summed E-state index contributed by atoms with van der Waals surface area (Å²) in [5.74, 6) is 0. The number of amides is 2. The van der Waals surface area contributed by atoms with E-state index in [1.54, 1.807) is 31.2 Å². The van der Waals surface area contributed by atoms with E-state index in [9.17, 15) is 18.4 Å². The number of rotatable bonds is 2. The number of nitrogens with one attached hydrogen (secondary N) is 1. The molecule has 0 unspecified atom stereocenters. The molecule has 2 rings (SSSR count). The highest BCUT2D eigenvalue weighted by molar-refractivity contribution is 7.90. The average molecular weight is 321 g/mol. The van der Waals surface area contributed by atoms with Gasteiger partial charge in [0.15, 0.2) is 5.49 Å². The molecule has 0 atom stereocenters. The summed E-state index contributed by atoms with van der Waals surface area (Å²) in [6.45, 7) is 3.43. The van der Waals surface area contributed by atoms with E-state index < -0.39 is 16.1 Å². The Labute approximate surface area is 127 Å². The van der Waals surface area contributed by atoms with Crippen LogP contribution in [-0.4, -0.2) is 24.4 Å². The Morgan fingerprint density at radius 3 is 2.41 bits per heavy atom. The molecule has 1 heterocycles. The second-order valence-corrected chi connectivity index (χ2v) is 6.36. The largest absolute Gasteiger partial charge is 0.427 e. The van der Waals surface area contributed by atoms with Gasteiger partial charge < -0.3 is 5.21 Å². The third kappa shape index (κ3) is 3.53. The van der Waals surface area contributed by atoms with Crippen LogP contribution >= 0.6 is 0 Å². The molecule has 0 aliphatic carbocycles. The number of urea groups is 1. The second-order valence-electron chi connectivity index (χ2n) is 4.67. The van der Waals surface area contributed by atoms with Crippen molar-refractivity contribution < 1.29 is 18.4 Å². The second kappa shape index (κ2) is 6.02. The van der Waals surface area contributed by atoms with Gasteiger partial charge in [0.1, 0.15) is 0 Å². The molecule has 1 aromatic carbocycles. The zero-order valence-electron chi connectivity index (χ0n) is 12.0. The van der Waals surface area contributed by atoms with Crippen LogP contribution in [0.2, 0.25) is 0 Å². The first-order chi connectivity index (χ1) is 10.3. The third-order valence-electron chi connectivity index (χ3n) is 2.90. The molecule has 1 aromatic heterocycles. The first-order valence-electron chi connectivity index (χ1n) is 6.36. The molecule has 0 radical (unpaired) electrons. The Kier molecular flexibility index (Phi) is 4.32. The fourth-order valence-corrected chi connectivity index (χ4v) is 2.59. The molecule has 0 fully saturated rings. The first kappa shape index (κ1) is 15.8. The number of pyridine rings is 1. The summed E-state index contributed by atoms with van der Waals surface area (Å²) in [5, 5.41) is 9.69. The van der Waals surface area contributed by atoms with Gasteiger partial charge in [-0.2, -0.15) is 9.72 Å². The first-order valence-corrected chi connectivity index (χ1v) is 7.84. The van der Waals surface area contributed by atoms with Gasteiger partial charge in [-0.25, -0.2) is 17.9 Å². The molecule has 22 heavy (non-hydrogen) atoms. The van der Waals surface area contributed by atoms with E-state index in [1.165, 1.54) is 18.2 Å². The number of sulfonamides is 1. The van der Waals surface area contributed by atoms with Crippen LogP contribution in [0.1, 0.15) is 11.3 Å². The van der Waals surface area contributed by atoms with E-state index in [-0.39, 0.29) is 10.4 Å². The predicted octanol–water partition coefficient (Wildman–Crippen LogP) is 1.34. The zero-order valence-corrected chi connectivity index (χ0v) is 12.8. The van der Waals surface area contributed by atoms with Crippen LogP contribution in [0.15, 0.2) is 52.4 Å². The summed E-state index contributed by atoms with van der Waals surface area (Å²) in [6, 6.07) is 9.52. The summed E-state index contributed by atoms with van der Waals surface area (Å²) in [4.78, 5) is 15.2. The Bertz CT molecular complexity index is 868. The Hall–Kier alpha value is -2.61. The van der Waals surface area contributed by atoms with E-state index in [1.807, 2.05) is 11.6 Å². The van der Waals surface area contributed by atoms with Crippen molar-refractivity contribution in [3.05, 3.63) is 59.2 Å². The third-order valence-corrected chi connectivity index (χ3v) is 4.24. The van der Waals surface area contributed by atoms with Gasteiger partial charge in [0.2, 0.25) is 0 Å². The van der Waals surface area contributed by atoms with Crippen LogP contribution in [0.4, 0.5) is 4.79 Å². The van der Waals surface area contributed by atoms with E-state index >= 15 is 0 Å². The summed E-state index contributed by atoms with van der Waals surface area (Å²) in [7, 11) is -4.00. The molecule has 116 valence electrons. The van der Waals surface area contributed by atoms with E-state index in [2.05, 4.69) is 4.99 Å². The fourth-order valence-electron chi connectivity index (χ4n) is 1.70. The topological polar surface area (TPSA) is 101 Å². The molecule has 2 N–H and O–H groups in total. The van der Waals surface area contributed by atoms with Gasteiger partial charge >= 0.3 is 6.03 Å². The molecule has 8 heteroatoms. The number of nitrogens with zero attached hydrogens (tertiary/aromatic N) is 2. The molecule has 0 aliphatic rings. The molecule has 2 amide bonds. The maximum atomic E-state index is 12.0. The highest BCUT2D eigenvalue weighted by Crippen LogP contribution is 2.09. The SMILES string of the molecule is Cc1ccc(S(=O)(=O)NC(=O)/N=c2/cccc(C)n2O)cc1. The van der Waals surface area contributed by atoms with Crippen molar-refractivity contribution in [2.24, 2.45) is 4.99 Å². The average Bonchev–Trinajstić information content (AvgIpc) is 2.44. The van der Waals surface area contributed by atoms with Gasteiger partial charge in [-0.15, -0.1) is 0 Å². The van der Waals surface area contributed by atoms with Gasteiger partial charge in [-0.05, 0) is 38.1 Å². The summed E-state index contributed by atoms with van der Waals surface area (Å²) in [6.07, 6.45) is 0. The van der Waals surface area contributed by atoms with Crippen molar-refractivity contribution in [3.8, 4) is 0 Å². The molecule has 0 saturated carbocycles. The highest BCUT2D eigenvalue weighted by Gasteiger charge is 2.16. The van der Waals surface area contributed by atoms with Crippen LogP contribution in [0.3, 0.4) is 0 Å². The predicted molar refractivity (Wildman–Crippen MR) is 78.8 cm³/mol. The Balaban J connectivity index is 2.28. The van der Waals surface area contributed by atoms with Gasteiger partial charge in [0.25, 0.3) is 10.0 Å². The summed E-state index contributed by atoms with van der Waals surface area (Å²) >= 11 is 0. The quantitative estimate of drug-likeness (QED) is 0.815. The van der Waals surface area contributed by atoms with Crippen LogP contribution in [0.25, 0.3) is 0 Å². The molecule has 0 spiro atoms. The Morgan fingerprint density at radius 1 is 1.14 bits per heavy atom. The molecule has 7 nitrogen and oxygen atoms in total. The minimum atomic E-state index is -4.00. The molecule has 0 aliphatic heterocycles. The maximum Gasteiger partial charge on any atom is 0.356 e. The van der Waals surface area contributed by atoms with Gasteiger partial charge in [-0.3, -0.25) is 0 Å². The van der Waals surface area contributed by atoms with Gasteiger partial charge in [0, 0.05) is 0 Å². The number of hydrogen-bond acceptors (Lipinski definition) is 4. The monoisotopic (exact) mass is 321 g/mol. The lowest BCUT2D eigenvalue weighted by Gasteiger charge is -2.05. The van der Waals surface area contributed by atoms with Crippen LogP contribution in [0.5, 0.6) is 0 Å². The molecular weight excluding hydrogens is 306 g/mol. The standard InChI is InChI=1S/C14H15N3O4S/c1-10-6-8-12(9-7-10)22(20,21)16-14(18)15-13-5-3-4-11(2)17(13)19/h3-9,19H,1-2H3,(H,16,18)/b15-13-. The smallest absolute Gasteiger partial charge is 0.356 e. The van der Waals surface area contributed by atoms with E-state index in [0.717, 1.165) is 5.56 Å². The van der Waals surface area contributed by atoms with Crippen molar-refractivity contribution in [2.75, 3.05) is 0 Å². The molecule has 2 aromatic rings. The van der Waals surface area contributed by atoms with Crippen LogP contribution in [0, 0.1) is 13.8 Å². The van der Waals surface area contributed by atoms with Crippen molar-refractivity contribution in [1.29, 1.82) is 0 Å². The lowest BCUT2D eigenvalue weighted by atomic mass is 10.2. The number of aromatic nitrogens is 1. The zero-order chi connectivity index (χ0) is 16.3. The van der Waals surface area contributed by atoms with E-state index in [4.69, 9.17) is 0 Å². The number of carbonyl (C=O) groups is 1. The normalized spacial score (nSPS) is 12.2. The minimum absolute atomic E-state index is 0.0391. The summed E-state index contributed by atoms with van der Waals surface area (Å²) < 4.78 is 26.6. The van der Waals surface area contributed by atoms with Gasteiger partial charge in [0.05, 0.1) is 10.6 Å². The van der Waals surface area contributed by atoms with Crippen molar-refractivity contribution in [3.63, 3.8) is 0 Å². The number of aryl methyl sites for hydroxylation is 2. The summed E-state index contributed by atoms with van der Waals surface area (Å²) in [5.41, 5.74) is 1.28. The fraction of sp³-hybridized carbons (Fsp3) is 0.143. The van der Waals surface area contributed by atoms with E-state index in [0.29, 0.717) is 10.4 Å². The van der Waals surface area contributed by atoms with Crippen molar-refractivity contribution in [1.82, 2.24) is 9.45 Å². The molecule has 0 saturated heterocycles. The molecule has 0 bridgehead atoms. The van der Waals surface area contributed by atoms with Crippen molar-refractivity contribution >= 4 is 16.1 Å². The minimum Gasteiger partial charge on any atom is -0.427 e. The lowest BCUT2D eigenvalue weighted by molar-refractivity contribution is 0.165. The molecular formula is C14H15N3O4S. The number of hydrogen-bond donors (Lipinski definition) is 2. The highest BCUT2D eigenvalue weighted by atomic mass is 32.2. The number of benzene rings is 1. The van der Waals surface area contributed by atoms with Crippen LogP contribution < -0.4 is 10.2 Å². The Morgan fingerprint density at radius 2 is 1.77 bits per heavy atom.